The van der Waals surface area contributed by atoms with Crippen LogP contribution in [0.5, 0.6) is 0 Å². The number of rotatable bonds is 6. The van der Waals surface area contributed by atoms with Gasteiger partial charge in [-0.25, -0.2) is 15.0 Å². The zero-order valence-electron chi connectivity index (χ0n) is 29.0. The van der Waals surface area contributed by atoms with Crippen LogP contribution in [0.2, 0.25) is 0 Å². The second-order valence-electron chi connectivity index (χ2n) is 13.6. The lowest BCUT2D eigenvalue weighted by Gasteiger charge is -2.27. The molecule has 0 N–H and O–H groups in total. The van der Waals surface area contributed by atoms with Gasteiger partial charge in [-0.3, -0.25) is 0 Å². The fourth-order valence-electron chi connectivity index (χ4n) is 7.99. The Labute approximate surface area is 310 Å². The van der Waals surface area contributed by atoms with E-state index in [9.17, 15) is 0 Å². The second-order valence-corrected chi connectivity index (χ2v) is 13.6. The van der Waals surface area contributed by atoms with Crippen LogP contribution in [0.15, 0.2) is 186 Å². The summed E-state index contributed by atoms with van der Waals surface area (Å²) in [5.41, 5.74) is 7.49. The van der Waals surface area contributed by atoms with Gasteiger partial charge in [0, 0.05) is 50.3 Å². The largest absolute Gasteiger partial charge is 0.456 e. The molecule has 0 atom stereocenters. The SMILES string of the molecule is c1ccc(-c2nc(-c3ccccc3)nc(-c3cccc4oc5cc(N(c6ccccc6)c6ccc7ccc8cccc9ccc6c7c89)ccc5c34)n2)cc1. The van der Waals surface area contributed by atoms with Gasteiger partial charge in [0.15, 0.2) is 17.5 Å². The molecule has 0 saturated carbocycles. The average molecular weight is 691 g/mol. The first kappa shape index (κ1) is 30.3. The molecular weight excluding hydrogens is 661 g/mol. The third kappa shape index (κ3) is 4.83. The molecule has 2 heterocycles. The maximum atomic E-state index is 6.69. The summed E-state index contributed by atoms with van der Waals surface area (Å²) in [7, 11) is 0. The van der Waals surface area contributed by atoms with Crippen molar-refractivity contribution in [1.82, 2.24) is 15.0 Å². The summed E-state index contributed by atoms with van der Waals surface area (Å²) in [6.45, 7) is 0. The summed E-state index contributed by atoms with van der Waals surface area (Å²) in [5, 5.41) is 9.47. The van der Waals surface area contributed by atoms with Gasteiger partial charge in [0.1, 0.15) is 11.2 Å². The first-order valence-electron chi connectivity index (χ1n) is 18.1. The highest BCUT2D eigenvalue weighted by molar-refractivity contribution is 6.26. The van der Waals surface area contributed by atoms with Crippen molar-refractivity contribution in [3.05, 3.63) is 182 Å². The van der Waals surface area contributed by atoms with Gasteiger partial charge in [-0.2, -0.15) is 0 Å². The molecule has 0 bridgehead atoms. The van der Waals surface area contributed by atoms with Gasteiger partial charge < -0.3 is 9.32 Å². The van der Waals surface area contributed by atoms with Crippen LogP contribution in [0.4, 0.5) is 17.1 Å². The Hall–Kier alpha value is -7.37. The van der Waals surface area contributed by atoms with E-state index in [0.29, 0.717) is 17.5 Å². The molecule has 0 amide bonds. The monoisotopic (exact) mass is 690 g/mol. The maximum Gasteiger partial charge on any atom is 0.164 e. The summed E-state index contributed by atoms with van der Waals surface area (Å²) in [6.07, 6.45) is 0. The summed E-state index contributed by atoms with van der Waals surface area (Å²) in [5.74, 6) is 1.84. The fraction of sp³-hybridized carbons (Fsp3) is 0. The smallest absolute Gasteiger partial charge is 0.164 e. The number of aromatic nitrogens is 3. The number of para-hydroxylation sites is 1. The highest BCUT2D eigenvalue weighted by atomic mass is 16.3. The lowest BCUT2D eigenvalue weighted by atomic mass is 9.93. The first-order valence-corrected chi connectivity index (χ1v) is 18.1. The van der Waals surface area contributed by atoms with Crippen LogP contribution >= 0.6 is 0 Å². The van der Waals surface area contributed by atoms with Crippen molar-refractivity contribution in [1.29, 1.82) is 0 Å². The van der Waals surface area contributed by atoms with Gasteiger partial charge >= 0.3 is 0 Å². The number of anilines is 3. The van der Waals surface area contributed by atoms with E-state index < -0.39 is 0 Å². The molecule has 0 radical (unpaired) electrons. The molecule has 0 unspecified atom stereocenters. The van der Waals surface area contributed by atoms with Crippen molar-refractivity contribution < 1.29 is 4.42 Å². The number of hydrogen-bond acceptors (Lipinski definition) is 5. The van der Waals surface area contributed by atoms with E-state index in [2.05, 4.69) is 114 Å². The van der Waals surface area contributed by atoms with E-state index in [1.807, 2.05) is 72.8 Å². The molecule has 0 spiro atoms. The molecule has 9 aromatic carbocycles. The first-order chi connectivity index (χ1) is 26.8. The van der Waals surface area contributed by atoms with E-state index in [-0.39, 0.29) is 0 Å². The molecule has 0 fully saturated rings. The van der Waals surface area contributed by atoms with Crippen LogP contribution in [-0.2, 0) is 0 Å². The van der Waals surface area contributed by atoms with Crippen LogP contribution in [0, 0.1) is 0 Å². The lowest BCUT2D eigenvalue weighted by molar-refractivity contribution is 0.669. The van der Waals surface area contributed by atoms with Crippen LogP contribution < -0.4 is 4.90 Å². The molecule has 5 nitrogen and oxygen atoms in total. The number of nitrogens with zero attached hydrogens (tertiary/aromatic N) is 4. The number of benzene rings is 9. The van der Waals surface area contributed by atoms with Crippen LogP contribution in [0.1, 0.15) is 0 Å². The minimum Gasteiger partial charge on any atom is -0.456 e. The van der Waals surface area contributed by atoms with Crippen LogP contribution in [0.3, 0.4) is 0 Å². The Morgan fingerprint density at radius 3 is 1.65 bits per heavy atom. The second kappa shape index (κ2) is 12.1. The van der Waals surface area contributed by atoms with Crippen molar-refractivity contribution in [2.45, 2.75) is 0 Å². The third-order valence-electron chi connectivity index (χ3n) is 10.4. The highest BCUT2D eigenvalue weighted by Gasteiger charge is 2.22. The molecule has 0 aliphatic rings. The Balaban J connectivity index is 1.11. The lowest BCUT2D eigenvalue weighted by Crippen LogP contribution is -2.10. The zero-order chi connectivity index (χ0) is 35.6. The highest BCUT2D eigenvalue weighted by Crippen LogP contribution is 2.45. The molecule has 252 valence electrons. The van der Waals surface area contributed by atoms with E-state index in [4.69, 9.17) is 19.4 Å². The summed E-state index contributed by atoms with van der Waals surface area (Å²) in [6, 6.07) is 63.3. The van der Waals surface area contributed by atoms with Gasteiger partial charge in [-0.1, -0.05) is 140 Å². The predicted octanol–water partition coefficient (Wildman–Crippen LogP) is 13.1. The number of furan rings is 1. The standard InChI is InChI=1S/C49H30N4O/c1-4-12-34(13-5-1)47-50-48(35-14-6-2-7-15-35)52-49(51-47)40-20-11-21-42-46(40)39-28-26-37(30-43(39)54-42)53(36-18-8-3-9-19-36)41-29-25-33-23-22-31-16-10-17-32-24-27-38(41)45(33)44(31)32/h1-30H. The molecule has 5 heteroatoms. The van der Waals surface area contributed by atoms with Crippen LogP contribution in [-0.4, -0.2) is 15.0 Å². The average Bonchev–Trinajstić information content (AvgIpc) is 3.62. The van der Waals surface area contributed by atoms with E-state index >= 15 is 0 Å². The Bertz CT molecular complexity index is 3080. The molecular formula is C49H30N4O. The normalized spacial score (nSPS) is 11.7. The maximum absolute atomic E-state index is 6.69. The summed E-state index contributed by atoms with van der Waals surface area (Å²) < 4.78 is 6.69. The molecule has 0 aliphatic carbocycles. The molecule has 2 aromatic heterocycles. The van der Waals surface area contributed by atoms with Crippen LogP contribution in [0.25, 0.3) is 88.4 Å². The quantitative estimate of drug-likeness (QED) is 0.163. The molecule has 0 aliphatic heterocycles. The summed E-state index contributed by atoms with van der Waals surface area (Å²) in [4.78, 5) is 17.4. The van der Waals surface area contributed by atoms with E-state index in [1.54, 1.807) is 0 Å². The Kier molecular flexibility index (Phi) is 6.79. The zero-order valence-corrected chi connectivity index (χ0v) is 29.0. The number of hydrogen-bond donors (Lipinski definition) is 0. The van der Waals surface area contributed by atoms with Gasteiger partial charge in [0.2, 0.25) is 0 Å². The minimum absolute atomic E-state index is 0.597. The minimum atomic E-state index is 0.597. The number of fused-ring (bicyclic) bond motifs is 3. The van der Waals surface area contributed by atoms with Gasteiger partial charge in [0.05, 0.1) is 5.69 Å². The Morgan fingerprint density at radius 1 is 0.370 bits per heavy atom. The van der Waals surface area contributed by atoms with E-state index in [1.165, 1.54) is 32.3 Å². The van der Waals surface area contributed by atoms with Crippen molar-refractivity contribution >= 4 is 71.3 Å². The van der Waals surface area contributed by atoms with E-state index in [0.717, 1.165) is 55.7 Å². The van der Waals surface area contributed by atoms with Crippen molar-refractivity contribution in [2.75, 3.05) is 4.90 Å². The van der Waals surface area contributed by atoms with Gasteiger partial charge in [-0.05, 0) is 63.3 Å². The van der Waals surface area contributed by atoms with Crippen molar-refractivity contribution in [3.8, 4) is 34.2 Å². The molecule has 11 rings (SSSR count). The van der Waals surface area contributed by atoms with Gasteiger partial charge in [-0.15, -0.1) is 0 Å². The van der Waals surface area contributed by atoms with Gasteiger partial charge in [0.25, 0.3) is 0 Å². The third-order valence-corrected chi connectivity index (χ3v) is 10.4. The molecule has 54 heavy (non-hydrogen) atoms. The van der Waals surface area contributed by atoms with Crippen molar-refractivity contribution in [2.24, 2.45) is 0 Å². The predicted molar refractivity (Wildman–Crippen MR) is 222 cm³/mol. The summed E-state index contributed by atoms with van der Waals surface area (Å²) >= 11 is 0. The fourth-order valence-corrected chi connectivity index (χ4v) is 7.99. The molecule has 11 aromatic rings. The Morgan fingerprint density at radius 2 is 0.944 bits per heavy atom. The topological polar surface area (TPSA) is 55.1 Å². The molecule has 0 saturated heterocycles. The van der Waals surface area contributed by atoms with Crippen molar-refractivity contribution in [3.63, 3.8) is 0 Å².